The highest BCUT2D eigenvalue weighted by Gasteiger charge is 2.28. The zero-order valence-corrected chi connectivity index (χ0v) is 18.0. The Balaban J connectivity index is 2.42. The minimum Gasteiger partial charge on any atom is -0.462 e. The Labute approximate surface area is 181 Å². The van der Waals surface area contributed by atoms with Crippen LogP contribution in [0.1, 0.15) is 56.2 Å². The maximum absolute atomic E-state index is 12.7. The third kappa shape index (κ3) is 5.14. The molecule has 0 radical (unpaired) electrons. The van der Waals surface area contributed by atoms with E-state index in [4.69, 9.17) is 21.1 Å². The quantitative estimate of drug-likeness (QED) is 0.350. The summed E-state index contributed by atoms with van der Waals surface area (Å²) < 4.78 is 10.2. The molecule has 1 N–H and O–H groups in total. The van der Waals surface area contributed by atoms with Crippen molar-refractivity contribution in [2.75, 3.05) is 18.5 Å². The summed E-state index contributed by atoms with van der Waals surface area (Å²) in [5, 5.41) is 13.4. The Kier molecular flexibility index (Phi) is 7.90. The number of ether oxygens (including phenoxy) is 2. The van der Waals surface area contributed by atoms with Crippen molar-refractivity contribution in [2.24, 2.45) is 0 Å². The molecule has 1 heterocycles. The molecule has 0 aliphatic rings. The van der Waals surface area contributed by atoms with Crippen LogP contribution in [-0.4, -0.2) is 36.0 Å². The Hall–Kier alpha value is -2.98. The second-order valence-corrected chi connectivity index (χ2v) is 7.42. The maximum atomic E-state index is 12.7. The first kappa shape index (κ1) is 23.3. The van der Waals surface area contributed by atoms with Crippen molar-refractivity contribution in [3.63, 3.8) is 0 Å². The first-order chi connectivity index (χ1) is 14.2. The van der Waals surface area contributed by atoms with Crippen molar-refractivity contribution in [1.29, 1.82) is 0 Å². The molecule has 2 rings (SSSR count). The number of nitro groups is 1. The van der Waals surface area contributed by atoms with E-state index in [1.807, 2.05) is 6.92 Å². The lowest BCUT2D eigenvalue weighted by Gasteiger charge is -2.08. The van der Waals surface area contributed by atoms with Gasteiger partial charge in [-0.15, -0.1) is 11.3 Å². The second-order valence-electron chi connectivity index (χ2n) is 5.99. The monoisotopic (exact) mass is 454 g/mol. The van der Waals surface area contributed by atoms with Crippen LogP contribution >= 0.6 is 22.9 Å². The maximum Gasteiger partial charge on any atom is 0.348 e. The third-order valence-corrected chi connectivity index (χ3v) is 5.38. The summed E-state index contributed by atoms with van der Waals surface area (Å²) in [5.41, 5.74) is 0.0726. The number of anilines is 1. The van der Waals surface area contributed by atoms with Gasteiger partial charge >= 0.3 is 11.9 Å². The number of hydrogen-bond acceptors (Lipinski definition) is 8. The first-order valence-corrected chi connectivity index (χ1v) is 10.1. The van der Waals surface area contributed by atoms with Gasteiger partial charge < -0.3 is 14.8 Å². The number of carbonyl (C=O) groups is 3. The minimum absolute atomic E-state index is 0.0288. The number of nitrogens with zero attached hydrogens (tertiary/aromatic N) is 1. The molecule has 0 aliphatic carbocycles. The predicted molar refractivity (Wildman–Crippen MR) is 112 cm³/mol. The van der Waals surface area contributed by atoms with Gasteiger partial charge in [0.05, 0.1) is 34.3 Å². The molecule has 0 unspecified atom stereocenters. The van der Waals surface area contributed by atoms with E-state index in [0.29, 0.717) is 12.0 Å². The minimum atomic E-state index is -0.698. The Morgan fingerprint density at radius 3 is 2.47 bits per heavy atom. The molecule has 11 heteroatoms. The number of non-ortho nitro benzene ring substituents is 1. The standard InChI is InChI=1S/C19H19ClN2O7S/c1-4-8-29-18(24)14-10(3)15(19(25)28-5-2)30-17(14)21-16(23)12-7-6-11(22(26)27)9-13(12)20/h6-7,9H,4-5,8H2,1-3H3,(H,21,23). The van der Waals surface area contributed by atoms with E-state index in [1.54, 1.807) is 13.8 Å². The van der Waals surface area contributed by atoms with Gasteiger partial charge in [0.2, 0.25) is 0 Å². The molecule has 0 saturated heterocycles. The van der Waals surface area contributed by atoms with Gasteiger partial charge in [0.25, 0.3) is 11.6 Å². The number of rotatable bonds is 8. The Bertz CT molecular complexity index is 1000. The van der Waals surface area contributed by atoms with Crippen molar-refractivity contribution in [2.45, 2.75) is 27.2 Å². The normalized spacial score (nSPS) is 10.4. The van der Waals surface area contributed by atoms with Crippen LogP contribution in [0.5, 0.6) is 0 Å². The lowest BCUT2D eigenvalue weighted by atomic mass is 10.1. The van der Waals surface area contributed by atoms with E-state index in [0.717, 1.165) is 23.5 Å². The van der Waals surface area contributed by atoms with Crippen LogP contribution in [0.15, 0.2) is 18.2 Å². The van der Waals surface area contributed by atoms with E-state index >= 15 is 0 Å². The van der Waals surface area contributed by atoms with E-state index in [-0.39, 0.29) is 44.9 Å². The van der Waals surface area contributed by atoms with Gasteiger partial charge in [0.15, 0.2) is 0 Å². The number of benzene rings is 1. The van der Waals surface area contributed by atoms with Gasteiger partial charge in [-0.25, -0.2) is 9.59 Å². The van der Waals surface area contributed by atoms with Crippen LogP contribution < -0.4 is 5.32 Å². The van der Waals surface area contributed by atoms with Gasteiger partial charge in [0.1, 0.15) is 9.88 Å². The topological polar surface area (TPSA) is 125 Å². The van der Waals surface area contributed by atoms with Crippen molar-refractivity contribution in [3.05, 3.63) is 54.9 Å². The highest BCUT2D eigenvalue weighted by atomic mass is 35.5. The number of carbonyl (C=O) groups excluding carboxylic acids is 3. The average molecular weight is 455 g/mol. The molecule has 1 amide bonds. The van der Waals surface area contributed by atoms with Gasteiger partial charge in [0, 0.05) is 12.1 Å². The molecule has 30 heavy (non-hydrogen) atoms. The molecule has 9 nitrogen and oxygen atoms in total. The summed E-state index contributed by atoms with van der Waals surface area (Å²) in [6.07, 6.45) is 0.597. The molecule has 1 aromatic heterocycles. The molecule has 0 spiro atoms. The zero-order valence-electron chi connectivity index (χ0n) is 16.4. The SMILES string of the molecule is CCCOC(=O)c1c(NC(=O)c2ccc([N+](=O)[O-])cc2Cl)sc(C(=O)OCC)c1C. The lowest BCUT2D eigenvalue weighted by molar-refractivity contribution is -0.384. The highest BCUT2D eigenvalue weighted by Crippen LogP contribution is 2.35. The third-order valence-electron chi connectivity index (χ3n) is 3.88. The summed E-state index contributed by atoms with van der Waals surface area (Å²) in [4.78, 5) is 47.8. The van der Waals surface area contributed by atoms with Gasteiger partial charge in [-0.1, -0.05) is 18.5 Å². The molecule has 160 valence electrons. The number of hydrogen-bond donors (Lipinski definition) is 1. The number of esters is 2. The lowest BCUT2D eigenvalue weighted by Crippen LogP contribution is -2.15. The first-order valence-electron chi connectivity index (χ1n) is 8.94. The van der Waals surface area contributed by atoms with Crippen molar-refractivity contribution in [3.8, 4) is 0 Å². The van der Waals surface area contributed by atoms with Crippen LogP contribution in [0.25, 0.3) is 0 Å². The van der Waals surface area contributed by atoms with E-state index in [1.165, 1.54) is 6.07 Å². The molecule has 0 atom stereocenters. The molecule has 0 saturated carbocycles. The molecular formula is C19H19ClN2O7S. The number of thiophene rings is 1. The molecule has 0 bridgehead atoms. The Morgan fingerprint density at radius 1 is 1.20 bits per heavy atom. The van der Waals surface area contributed by atoms with Crippen LogP contribution in [0.2, 0.25) is 5.02 Å². The summed E-state index contributed by atoms with van der Waals surface area (Å²) in [6.45, 7) is 5.35. The van der Waals surface area contributed by atoms with Gasteiger partial charge in [-0.05, 0) is 31.9 Å². The van der Waals surface area contributed by atoms with Crippen LogP contribution in [0.3, 0.4) is 0 Å². The summed E-state index contributed by atoms with van der Waals surface area (Å²) in [7, 11) is 0. The van der Waals surface area contributed by atoms with E-state index < -0.39 is 22.8 Å². The molecule has 0 fully saturated rings. The molecule has 0 aliphatic heterocycles. The summed E-state index contributed by atoms with van der Waals surface area (Å²) in [5.74, 6) is -2.01. The summed E-state index contributed by atoms with van der Waals surface area (Å²) in [6, 6.07) is 3.40. The molecule has 1 aromatic carbocycles. The fourth-order valence-electron chi connectivity index (χ4n) is 2.48. The Morgan fingerprint density at radius 2 is 1.90 bits per heavy atom. The van der Waals surface area contributed by atoms with Crippen LogP contribution in [0.4, 0.5) is 10.7 Å². The predicted octanol–water partition coefficient (Wildman–Crippen LogP) is 4.61. The second kappa shape index (κ2) is 10.2. The van der Waals surface area contributed by atoms with Gasteiger partial charge in [-0.2, -0.15) is 0 Å². The number of nitrogens with one attached hydrogen (secondary N) is 1. The highest BCUT2D eigenvalue weighted by molar-refractivity contribution is 7.18. The number of nitro benzene ring substituents is 1. The van der Waals surface area contributed by atoms with Crippen LogP contribution in [0, 0.1) is 17.0 Å². The van der Waals surface area contributed by atoms with Gasteiger partial charge in [-0.3, -0.25) is 14.9 Å². The van der Waals surface area contributed by atoms with Crippen molar-refractivity contribution in [1.82, 2.24) is 0 Å². The largest absolute Gasteiger partial charge is 0.462 e. The van der Waals surface area contributed by atoms with E-state index in [2.05, 4.69) is 5.32 Å². The van der Waals surface area contributed by atoms with Crippen molar-refractivity contribution < 1.29 is 28.8 Å². The molecule has 2 aromatic rings. The molecular weight excluding hydrogens is 436 g/mol. The fourth-order valence-corrected chi connectivity index (χ4v) is 3.82. The smallest absolute Gasteiger partial charge is 0.348 e. The fraction of sp³-hybridized carbons (Fsp3) is 0.316. The zero-order chi connectivity index (χ0) is 22.4. The summed E-state index contributed by atoms with van der Waals surface area (Å²) >= 11 is 6.88. The van der Waals surface area contributed by atoms with E-state index in [9.17, 15) is 24.5 Å². The number of halogens is 1. The number of amides is 1. The van der Waals surface area contributed by atoms with Crippen LogP contribution in [-0.2, 0) is 9.47 Å². The van der Waals surface area contributed by atoms with Crippen molar-refractivity contribution >= 4 is 51.5 Å². The average Bonchev–Trinajstić information content (AvgIpc) is 3.01.